The Labute approximate surface area is 106 Å². The van der Waals surface area contributed by atoms with E-state index >= 15 is 0 Å². The fourth-order valence-electron chi connectivity index (χ4n) is 3.45. The molecule has 1 N–H and O–H groups in total. The quantitative estimate of drug-likeness (QED) is 0.895. The summed E-state index contributed by atoms with van der Waals surface area (Å²) in [6.45, 7) is 2.00. The van der Waals surface area contributed by atoms with Crippen LogP contribution in [-0.4, -0.2) is 10.9 Å². The van der Waals surface area contributed by atoms with E-state index in [1.165, 1.54) is 25.7 Å². The molecule has 0 spiro atoms. The Hall–Kier alpha value is -0.900. The van der Waals surface area contributed by atoms with E-state index in [-0.39, 0.29) is 5.91 Å². The largest absolute Gasteiger partial charge is 0.302 e. The smallest absolute Gasteiger partial charge is 0.226 e. The van der Waals surface area contributed by atoms with Crippen molar-refractivity contribution >= 4 is 22.4 Å². The van der Waals surface area contributed by atoms with Gasteiger partial charge in [-0.3, -0.25) is 4.79 Å². The van der Waals surface area contributed by atoms with Crippen LogP contribution in [-0.2, 0) is 4.79 Å². The van der Waals surface area contributed by atoms with Crippen molar-refractivity contribution in [1.29, 1.82) is 0 Å². The normalized spacial score (nSPS) is 30.8. The van der Waals surface area contributed by atoms with Crippen molar-refractivity contribution < 1.29 is 4.79 Å². The van der Waals surface area contributed by atoms with Gasteiger partial charge >= 0.3 is 0 Å². The van der Waals surface area contributed by atoms with Crippen LogP contribution in [0.15, 0.2) is 6.20 Å². The summed E-state index contributed by atoms with van der Waals surface area (Å²) < 4.78 is 0. The van der Waals surface area contributed by atoms with E-state index in [1.54, 1.807) is 17.5 Å². The van der Waals surface area contributed by atoms with Gasteiger partial charge in [-0.05, 0) is 43.9 Å². The summed E-state index contributed by atoms with van der Waals surface area (Å²) in [4.78, 5) is 17.2. The standard InChI is InChI=1S/C13H18N2OS/c1-8-7-14-13(17-8)15-12(16)6-11-5-9-2-3-10(11)4-9/h7,9-11H,2-6H2,1H3,(H,14,15,16)/t9-,10-,11-/m0/s1. The molecule has 92 valence electrons. The van der Waals surface area contributed by atoms with Crippen LogP contribution in [0.5, 0.6) is 0 Å². The maximum absolute atomic E-state index is 11.9. The highest BCUT2D eigenvalue weighted by molar-refractivity contribution is 7.15. The number of rotatable bonds is 3. The molecule has 1 aromatic rings. The van der Waals surface area contributed by atoms with Crippen LogP contribution in [0.25, 0.3) is 0 Å². The zero-order chi connectivity index (χ0) is 11.8. The van der Waals surface area contributed by atoms with Gasteiger partial charge < -0.3 is 5.32 Å². The van der Waals surface area contributed by atoms with Gasteiger partial charge in [-0.2, -0.15) is 0 Å². The second-order valence-electron chi connectivity index (χ2n) is 5.46. The molecule has 17 heavy (non-hydrogen) atoms. The molecule has 3 rings (SSSR count). The average molecular weight is 250 g/mol. The second-order valence-corrected chi connectivity index (χ2v) is 6.70. The molecular weight excluding hydrogens is 232 g/mol. The minimum atomic E-state index is 0.150. The molecule has 2 aliphatic rings. The number of hydrogen-bond acceptors (Lipinski definition) is 3. The van der Waals surface area contributed by atoms with E-state index in [9.17, 15) is 4.79 Å². The Morgan fingerprint density at radius 3 is 3.00 bits per heavy atom. The summed E-state index contributed by atoms with van der Waals surface area (Å²) in [6, 6.07) is 0. The minimum absolute atomic E-state index is 0.150. The van der Waals surface area contributed by atoms with Crippen molar-refractivity contribution in [3.8, 4) is 0 Å². The number of hydrogen-bond donors (Lipinski definition) is 1. The van der Waals surface area contributed by atoms with Crippen LogP contribution in [0.1, 0.15) is 37.0 Å². The Bertz CT molecular complexity index is 429. The van der Waals surface area contributed by atoms with Gasteiger partial charge in [-0.25, -0.2) is 4.98 Å². The minimum Gasteiger partial charge on any atom is -0.302 e. The van der Waals surface area contributed by atoms with Crippen molar-refractivity contribution in [2.45, 2.75) is 39.0 Å². The summed E-state index contributed by atoms with van der Waals surface area (Å²) in [7, 11) is 0. The fraction of sp³-hybridized carbons (Fsp3) is 0.692. The molecule has 2 saturated carbocycles. The van der Waals surface area contributed by atoms with Crippen LogP contribution in [0.4, 0.5) is 5.13 Å². The first kappa shape index (κ1) is 11.2. The van der Waals surface area contributed by atoms with Gasteiger partial charge in [0.15, 0.2) is 5.13 Å². The molecule has 1 amide bonds. The third-order valence-corrected chi connectivity index (χ3v) is 5.03. The van der Waals surface area contributed by atoms with Crippen LogP contribution >= 0.6 is 11.3 Å². The Morgan fingerprint density at radius 1 is 1.53 bits per heavy atom. The van der Waals surface area contributed by atoms with Gasteiger partial charge in [0, 0.05) is 17.5 Å². The molecule has 2 aliphatic carbocycles. The lowest BCUT2D eigenvalue weighted by Crippen LogP contribution is -2.20. The van der Waals surface area contributed by atoms with Crippen LogP contribution in [0.3, 0.4) is 0 Å². The predicted molar refractivity (Wildman–Crippen MR) is 69.0 cm³/mol. The number of carbonyl (C=O) groups is 1. The third-order valence-electron chi connectivity index (χ3n) is 4.20. The number of fused-ring (bicyclic) bond motifs is 2. The predicted octanol–water partition coefficient (Wildman–Crippen LogP) is 3.22. The van der Waals surface area contributed by atoms with Crippen LogP contribution < -0.4 is 5.32 Å². The van der Waals surface area contributed by atoms with E-state index in [1.807, 2.05) is 6.92 Å². The fourth-order valence-corrected chi connectivity index (χ4v) is 4.13. The molecule has 4 heteroatoms. The lowest BCUT2D eigenvalue weighted by atomic mass is 9.86. The summed E-state index contributed by atoms with van der Waals surface area (Å²) >= 11 is 1.55. The lowest BCUT2D eigenvalue weighted by molar-refractivity contribution is -0.117. The molecule has 0 aliphatic heterocycles. The van der Waals surface area contributed by atoms with Crippen LogP contribution in [0, 0.1) is 24.7 Å². The summed E-state index contributed by atoms with van der Waals surface area (Å²) in [5.41, 5.74) is 0. The Balaban J connectivity index is 1.54. The number of carbonyl (C=O) groups excluding carboxylic acids is 1. The van der Waals surface area contributed by atoms with Gasteiger partial charge in [0.05, 0.1) is 0 Å². The zero-order valence-corrected chi connectivity index (χ0v) is 10.9. The van der Waals surface area contributed by atoms with Crippen molar-refractivity contribution in [3.05, 3.63) is 11.1 Å². The van der Waals surface area contributed by atoms with Gasteiger partial charge in [-0.1, -0.05) is 6.42 Å². The lowest BCUT2D eigenvalue weighted by Gasteiger charge is -2.20. The first-order chi connectivity index (χ1) is 8.20. The van der Waals surface area contributed by atoms with Gasteiger partial charge in [0.25, 0.3) is 0 Å². The van der Waals surface area contributed by atoms with Crippen molar-refractivity contribution in [2.24, 2.45) is 17.8 Å². The molecule has 0 aromatic carbocycles. The van der Waals surface area contributed by atoms with Crippen LogP contribution in [0.2, 0.25) is 0 Å². The van der Waals surface area contributed by atoms with E-state index in [4.69, 9.17) is 0 Å². The highest BCUT2D eigenvalue weighted by atomic mass is 32.1. The molecule has 2 bridgehead atoms. The monoisotopic (exact) mass is 250 g/mol. The number of nitrogens with zero attached hydrogens (tertiary/aromatic N) is 1. The average Bonchev–Trinajstić information content (AvgIpc) is 2.95. The van der Waals surface area contributed by atoms with E-state index in [2.05, 4.69) is 10.3 Å². The number of amides is 1. The van der Waals surface area contributed by atoms with E-state index in [0.717, 1.165) is 21.8 Å². The molecule has 0 radical (unpaired) electrons. The number of anilines is 1. The first-order valence-corrected chi connectivity index (χ1v) is 7.24. The zero-order valence-electron chi connectivity index (χ0n) is 10.1. The molecule has 1 aromatic heterocycles. The van der Waals surface area contributed by atoms with Crippen molar-refractivity contribution in [3.63, 3.8) is 0 Å². The molecular formula is C13H18N2OS. The summed E-state index contributed by atoms with van der Waals surface area (Å²) in [5.74, 6) is 2.52. The number of thiazole rings is 1. The maximum Gasteiger partial charge on any atom is 0.226 e. The summed E-state index contributed by atoms with van der Waals surface area (Å²) in [5, 5.41) is 3.66. The Morgan fingerprint density at radius 2 is 2.41 bits per heavy atom. The molecule has 3 nitrogen and oxygen atoms in total. The van der Waals surface area contributed by atoms with Gasteiger partial charge in [-0.15, -0.1) is 11.3 Å². The van der Waals surface area contributed by atoms with Crippen molar-refractivity contribution in [2.75, 3.05) is 5.32 Å². The highest BCUT2D eigenvalue weighted by Crippen LogP contribution is 2.49. The van der Waals surface area contributed by atoms with E-state index in [0.29, 0.717) is 12.3 Å². The van der Waals surface area contributed by atoms with E-state index < -0.39 is 0 Å². The van der Waals surface area contributed by atoms with Gasteiger partial charge in [0.2, 0.25) is 5.91 Å². The molecule has 3 atom stereocenters. The molecule has 2 fully saturated rings. The SMILES string of the molecule is Cc1cnc(NC(=O)C[C@@H]2C[C@H]3CC[C@H]2C3)s1. The molecule has 0 unspecified atom stereocenters. The number of aromatic nitrogens is 1. The third kappa shape index (κ3) is 2.37. The number of nitrogens with one attached hydrogen (secondary N) is 1. The highest BCUT2D eigenvalue weighted by Gasteiger charge is 2.40. The molecule has 0 saturated heterocycles. The first-order valence-electron chi connectivity index (χ1n) is 6.43. The van der Waals surface area contributed by atoms with Crippen molar-refractivity contribution in [1.82, 2.24) is 4.98 Å². The summed E-state index contributed by atoms with van der Waals surface area (Å²) in [6.07, 6.45) is 7.88. The topological polar surface area (TPSA) is 42.0 Å². The van der Waals surface area contributed by atoms with Gasteiger partial charge in [0.1, 0.15) is 0 Å². The molecule has 1 heterocycles. The Kier molecular flexibility index (Phi) is 2.90. The maximum atomic E-state index is 11.9. The number of aryl methyl sites for hydroxylation is 1. The second kappa shape index (κ2) is 4.41.